The van der Waals surface area contributed by atoms with Crippen LogP contribution in [0, 0.1) is 0 Å². The van der Waals surface area contributed by atoms with E-state index in [1.807, 2.05) is 0 Å². The van der Waals surface area contributed by atoms with Crippen LogP contribution in [0.2, 0.25) is 0 Å². The van der Waals surface area contributed by atoms with Crippen LogP contribution in [-0.4, -0.2) is 16.3 Å². The van der Waals surface area contributed by atoms with Crippen molar-refractivity contribution < 1.29 is 17.9 Å². The SMILES string of the molecule is Nc1ccnc(Nc2ccc(OC(F)(F)F)cc2)n1. The molecule has 2 rings (SSSR count). The fraction of sp³-hybridized carbons (Fsp3) is 0.0909. The highest BCUT2D eigenvalue weighted by atomic mass is 19.4. The van der Waals surface area contributed by atoms with Gasteiger partial charge in [-0.3, -0.25) is 0 Å². The minimum Gasteiger partial charge on any atom is -0.406 e. The Morgan fingerprint density at radius 3 is 2.37 bits per heavy atom. The van der Waals surface area contributed by atoms with Gasteiger partial charge in [0.2, 0.25) is 5.95 Å². The smallest absolute Gasteiger partial charge is 0.406 e. The number of anilines is 3. The molecular weight excluding hydrogens is 261 g/mol. The Kier molecular flexibility index (Phi) is 3.41. The van der Waals surface area contributed by atoms with Crippen molar-refractivity contribution >= 4 is 17.5 Å². The summed E-state index contributed by atoms with van der Waals surface area (Å²) in [6, 6.07) is 6.71. The summed E-state index contributed by atoms with van der Waals surface area (Å²) in [7, 11) is 0. The highest BCUT2D eigenvalue weighted by Crippen LogP contribution is 2.24. The van der Waals surface area contributed by atoms with Gasteiger partial charge in [0.15, 0.2) is 0 Å². The van der Waals surface area contributed by atoms with Crippen LogP contribution >= 0.6 is 0 Å². The number of hydrogen-bond acceptors (Lipinski definition) is 5. The number of alkyl halides is 3. The fourth-order valence-electron chi connectivity index (χ4n) is 1.30. The van der Waals surface area contributed by atoms with E-state index >= 15 is 0 Å². The lowest BCUT2D eigenvalue weighted by atomic mass is 10.3. The molecule has 1 aromatic carbocycles. The standard InChI is InChI=1S/C11H9F3N4O/c12-11(13,14)19-8-3-1-7(2-4-8)17-10-16-6-5-9(15)18-10/h1-6H,(H3,15,16,17,18). The Bertz CT molecular complexity index is 557. The van der Waals surface area contributed by atoms with Gasteiger partial charge in [-0.2, -0.15) is 4.98 Å². The first-order valence-electron chi connectivity index (χ1n) is 5.14. The molecule has 0 unspecified atom stereocenters. The molecule has 0 aliphatic carbocycles. The van der Waals surface area contributed by atoms with Crippen LogP contribution in [0.5, 0.6) is 5.75 Å². The molecule has 1 heterocycles. The maximum absolute atomic E-state index is 12.0. The summed E-state index contributed by atoms with van der Waals surface area (Å²) in [5.41, 5.74) is 5.98. The Balaban J connectivity index is 2.07. The molecule has 0 atom stereocenters. The summed E-state index contributed by atoms with van der Waals surface area (Å²) in [5, 5.41) is 2.80. The van der Waals surface area contributed by atoms with Crippen LogP contribution in [0.1, 0.15) is 0 Å². The monoisotopic (exact) mass is 270 g/mol. The van der Waals surface area contributed by atoms with Gasteiger partial charge in [-0.1, -0.05) is 0 Å². The van der Waals surface area contributed by atoms with E-state index < -0.39 is 6.36 Å². The Hall–Kier alpha value is -2.51. The molecule has 0 aliphatic rings. The largest absolute Gasteiger partial charge is 0.573 e. The second-order valence-corrected chi connectivity index (χ2v) is 3.50. The number of nitrogens with two attached hydrogens (primary N) is 1. The van der Waals surface area contributed by atoms with E-state index in [9.17, 15) is 13.2 Å². The number of aromatic nitrogens is 2. The zero-order chi connectivity index (χ0) is 13.9. The molecule has 8 heteroatoms. The van der Waals surface area contributed by atoms with Crippen LogP contribution in [-0.2, 0) is 0 Å². The van der Waals surface area contributed by atoms with Gasteiger partial charge in [0, 0.05) is 11.9 Å². The van der Waals surface area contributed by atoms with Crippen LogP contribution in [0.25, 0.3) is 0 Å². The van der Waals surface area contributed by atoms with Gasteiger partial charge in [0.25, 0.3) is 0 Å². The summed E-state index contributed by atoms with van der Waals surface area (Å²) in [6.45, 7) is 0. The van der Waals surface area contributed by atoms with Gasteiger partial charge in [0.05, 0.1) is 0 Å². The zero-order valence-corrected chi connectivity index (χ0v) is 9.48. The molecule has 0 amide bonds. The molecule has 0 spiro atoms. The van der Waals surface area contributed by atoms with Crippen LogP contribution in [0.3, 0.4) is 0 Å². The van der Waals surface area contributed by atoms with Crippen molar-refractivity contribution in [1.29, 1.82) is 0 Å². The molecule has 0 bridgehead atoms. The highest BCUT2D eigenvalue weighted by molar-refractivity contribution is 5.55. The lowest BCUT2D eigenvalue weighted by Crippen LogP contribution is -2.17. The van der Waals surface area contributed by atoms with Crippen molar-refractivity contribution in [1.82, 2.24) is 9.97 Å². The van der Waals surface area contributed by atoms with Gasteiger partial charge in [0.1, 0.15) is 11.6 Å². The van der Waals surface area contributed by atoms with Crippen molar-refractivity contribution in [2.24, 2.45) is 0 Å². The third-order valence-corrected chi connectivity index (χ3v) is 2.02. The fourth-order valence-corrected chi connectivity index (χ4v) is 1.30. The van der Waals surface area contributed by atoms with Crippen molar-refractivity contribution in [3.8, 4) is 5.75 Å². The minimum absolute atomic E-state index is 0.254. The van der Waals surface area contributed by atoms with Crippen LogP contribution in [0.4, 0.5) is 30.6 Å². The number of nitrogens with one attached hydrogen (secondary N) is 1. The molecule has 19 heavy (non-hydrogen) atoms. The van der Waals surface area contributed by atoms with E-state index in [0.717, 1.165) is 0 Å². The maximum atomic E-state index is 12.0. The first-order chi connectivity index (χ1) is 8.92. The van der Waals surface area contributed by atoms with Gasteiger partial charge in [-0.15, -0.1) is 13.2 Å². The van der Waals surface area contributed by atoms with Gasteiger partial charge < -0.3 is 15.8 Å². The first-order valence-corrected chi connectivity index (χ1v) is 5.14. The van der Waals surface area contributed by atoms with E-state index in [0.29, 0.717) is 5.69 Å². The van der Waals surface area contributed by atoms with Crippen molar-refractivity contribution in [2.45, 2.75) is 6.36 Å². The van der Waals surface area contributed by atoms with Crippen LogP contribution in [0.15, 0.2) is 36.5 Å². The van der Waals surface area contributed by atoms with Crippen molar-refractivity contribution in [2.75, 3.05) is 11.1 Å². The summed E-state index contributed by atoms with van der Waals surface area (Å²) >= 11 is 0. The van der Waals surface area contributed by atoms with E-state index in [1.165, 1.54) is 36.5 Å². The molecular formula is C11H9F3N4O. The van der Waals surface area contributed by atoms with Crippen molar-refractivity contribution in [3.05, 3.63) is 36.5 Å². The third kappa shape index (κ3) is 4.02. The highest BCUT2D eigenvalue weighted by Gasteiger charge is 2.30. The molecule has 0 fully saturated rings. The average Bonchev–Trinajstić information content (AvgIpc) is 2.30. The molecule has 5 nitrogen and oxygen atoms in total. The average molecular weight is 270 g/mol. The third-order valence-electron chi connectivity index (χ3n) is 2.02. The van der Waals surface area contributed by atoms with Gasteiger partial charge in [-0.05, 0) is 30.3 Å². The normalized spacial score (nSPS) is 11.1. The van der Waals surface area contributed by atoms with E-state index in [1.54, 1.807) is 0 Å². The Morgan fingerprint density at radius 1 is 1.11 bits per heavy atom. The number of ether oxygens (including phenoxy) is 1. The predicted molar refractivity (Wildman–Crippen MR) is 62.9 cm³/mol. The topological polar surface area (TPSA) is 73.1 Å². The summed E-state index contributed by atoms with van der Waals surface area (Å²) < 4.78 is 39.6. The number of hydrogen-bond donors (Lipinski definition) is 2. The Morgan fingerprint density at radius 2 is 1.79 bits per heavy atom. The second-order valence-electron chi connectivity index (χ2n) is 3.50. The summed E-state index contributed by atoms with van der Waals surface area (Å²) in [5.74, 6) is 0.241. The molecule has 3 N–H and O–H groups in total. The molecule has 0 radical (unpaired) electrons. The minimum atomic E-state index is -4.70. The van der Waals surface area contributed by atoms with E-state index in [-0.39, 0.29) is 17.5 Å². The van der Waals surface area contributed by atoms with E-state index in [4.69, 9.17) is 5.73 Å². The molecule has 2 aromatic rings. The summed E-state index contributed by atoms with van der Waals surface area (Å²) in [4.78, 5) is 7.80. The van der Waals surface area contributed by atoms with E-state index in [2.05, 4.69) is 20.0 Å². The van der Waals surface area contributed by atoms with Gasteiger partial charge in [-0.25, -0.2) is 4.98 Å². The van der Waals surface area contributed by atoms with Crippen LogP contribution < -0.4 is 15.8 Å². The zero-order valence-electron chi connectivity index (χ0n) is 9.48. The summed E-state index contributed by atoms with van der Waals surface area (Å²) in [6.07, 6.45) is -3.24. The maximum Gasteiger partial charge on any atom is 0.573 e. The number of nitrogen functional groups attached to an aromatic ring is 1. The molecule has 0 saturated heterocycles. The second kappa shape index (κ2) is 5.01. The molecule has 0 aliphatic heterocycles. The number of halogens is 3. The lowest BCUT2D eigenvalue weighted by Gasteiger charge is -2.09. The first kappa shape index (κ1) is 12.9. The van der Waals surface area contributed by atoms with Crippen molar-refractivity contribution in [3.63, 3.8) is 0 Å². The predicted octanol–water partition coefficient (Wildman–Crippen LogP) is 2.70. The molecule has 0 saturated carbocycles. The number of benzene rings is 1. The lowest BCUT2D eigenvalue weighted by molar-refractivity contribution is -0.274. The quantitative estimate of drug-likeness (QED) is 0.897. The number of rotatable bonds is 3. The Labute approximate surface area is 106 Å². The molecule has 100 valence electrons. The molecule has 1 aromatic heterocycles. The van der Waals surface area contributed by atoms with Gasteiger partial charge >= 0.3 is 6.36 Å². The number of nitrogens with zero attached hydrogens (tertiary/aromatic N) is 2.